The van der Waals surface area contributed by atoms with Gasteiger partial charge in [0.25, 0.3) is 0 Å². The van der Waals surface area contributed by atoms with Crippen LogP contribution in [0.3, 0.4) is 0 Å². The monoisotopic (exact) mass is 324 g/mol. The van der Waals surface area contributed by atoms with Gasteiger partial charge in [0.2, 0.25) is 0 Å². The lowest BCUT2D eigenvalue weighted by atomic mass is 9.97. The number of allylic oxidation sites excluding steroid dienone is 1. The van der Waals surface area contributed by atoms with E-state index >= 15 is 0 Å². The van der Waals surface area contributed by atoms with Crippen molar-refractivity contribution in [1.82, 2.24) is 9.97 Å². The number of nitrogens with zero attached hydrogens (tertiary/aromatic N) is 2. The summed E-state index contributed by atoms with van der Waals surface area (Å²) in [6, 6.07) is 9.80. The summed E-state index contributed by atoms with van der Waals surface area (Å²) in [5.41, 5.74) is 15.3. The number of nitrogen functional groups attached to an aromatic ring is 1. The fourth-order valence-electron chi connectivity index (χ4n) is 2.76. The first kappa shape index (κ1) is 16.1. The number of benzene rings is 1. The van der Waals surface area contributed by atoms with Gasteiger partial charge in [-0.25, -0.2) is 9.97 Å². The molecular formula is C18H24N6. The third kappa shape index (κ3) is 4.38. The number of hydrogen-bond acceptors (Lipinski definition) is 6. The van der Waals surface area contributed by atoms with Crippen LogP contribution in [0.1, 0.15) is 32.1 Å². The Morgan fingerprint density at radius 3 is 2.62 bits per heavy atom. The van der Waals surface area contributed by atoms with E-state index < -0.39 is 0 Å². The lowest BCUT2D eigenvalue weighted by Gasteiger charge is -2.15. The van der Waals surface area contributed by atoms with E-state index in [2.05, 4.69) is 32.2 Å². The average molecular weight is 324 g/mol. The maximum atomic E-state index is 6.16. The van der Waals surface area contributed by atoms with Gasteiger partial charge in [-0.1, -0.05) is 29.8 Å². The van der Waals surface area contributed by atoms with Crippen LogP contribution in [0, 0.1) is 0 Å². The van der Waals surface area contributed by atoms with Crippen LogP contribution >= 0.6 is 0 Å². The van der Waals surface area contributed by atoms with Crippen molar-refractivity contribution < 1.29 is 0 Å². The molecule has 1 aromatic heterocycles. The van der Waals surface area contributed by atoms with Crippen LogP contribution in [-0.4, -0.2) is 16.5 Å². The van der Waals surface area contributed by atoms with E-state index in [1.54, 1.807) is 0 Å². The molecule has 126 valence electrons. The molecule has 6 heteroatoms. The lowest BCUT2D eigenvalue weighted by molar-refractivity contribution is 0.679. The van der Waals surface area contributed by atoms with Crippen molar-refractivity contribution in [3.05, 3.63) is 48.3 Å². The van der Waals surface area contributed by atoms with Crippen LogP contribution < -0.4 is 21.9 Å². The minimum atomic E-state index is 0.513. The molecule has 5 N–H and O–H groups in total. The molecule has 0 radical (unpaired) electrons. The summed E-state index contributed by atoms with van der Waals surface area (Å²) in [6.07, 6.45) is 9.96. The molecule has 24 heavy (non-hydrogen) atoms. The summed E-state index contributed by atoms with van der Waals surface area (Å²) in [7, 11) is 0. The molecule has 0 saturated heterocycles. The number of nitrogens with two attached hydrogens (primary N) is 1. The Labute approximate surface area is 142 Å². The van der Waals surface area contributed by atoms with E-state index in [1.165, 1.54) is 37.6 Å². The fraction of sp³-hybridized carbons (Fsp3) is 0.333. The summed E-state index contributed by atoms with van der Waals surface area (Å²) in [4.78, 5) is 8.43. The van der Waals surface area contributed by atoms with Crippen molar-refractivity contribution in [1.29, 1.82) is 0 Å². The highest BCUT2D eigenvalue weighted by atomic mass is 15.4. The molecule has 3 rings (SSSR count). The van der Waals surface area contributed by atoms with E-state index in [0.717, 1.165) is 18.7 Å². The molecule has 0 amide bonds. The Balaban J connectivity index is 1.55. The fourth-order valence-corrected chi connectivity index (χ4v) is 2.76. The topological polar surface area (TPSA) is 87.9 Å². The predicted octanol–water partition coefficient (Wildman–Crippen LogP) is 3.80. The number of hydrazine groups is 1. The number of rotatable bonds is 7. The van der Waals surface area contributed by atoms with Crippen molar-refractivity contribution in [3.63, 3.8) is 0 Å². The molecule has 6 nitrogen and oxygen atoms in total. The first-order valence-corrected chi connectivity index (χ1v) is 8.42. The third-order valence-corrected chi connectivity index (χ3v) is 4.11. The van der Waals surface area contributed by atoms with E-state index in [0.29, 0.717) is 17.3 Å². The van der Waals surface area contributed by atoms with Gasteiger partial charge in [-0.05, 0) is 44.2 Å². The van der Waals surface area contributed by atoms with Gasteiger partial charge >= 0.3 is 0 Å². The van der Waals surface area contributed by atoms with Crippen molar-refractivity contribution in [2.45, 2.75) is 32.1 Å². The summed E-state index contributed by atoms with van der Waals surface area (Å²) in [5.74, 6) is 1.23. The SMILES string of the molecule is Nc1c(NCCC2=CCCCC2)ncnc1NNc1ccccc1. The Morgan fingerprint density at radius 1 is 1.00 bits per heavy atom. The minimum Gasteiger partial charge on any atom is -0.393 e. The van der Waals surface area contributed by atoms with E-state index in [1.807, 2.05) is 30.3 Å². The number of nitrogens with one attached hydrogen (secondary N) is 3. The van der Waals surface area contributed by atoms with Crippen LogP contribution in [0.4, 0.5) is 23.0 Å². The first-order valence-electron chi connectivity index (χ1n) is 8.42. The van der Waals surface area contributed by atoms with Crippen LogP contribution in [0.2, 0.25) is 0 Å². The molecule has 1 heterocycles. The van der Waals surface area contributed by atoms with Gasteiger partial charge in [0.1, 0.15) is 12.0 Å². The van der Waals surface area contributed by atoms with Crippen LogP contribution in [-0.2, 0) is 0 Å². The quantitative estimate of drug-likeness (QED) is 0.458. The van der Waals surface area contributed by atoms with Gasteiger partial charge < -0.3 is 11.1 Å². The summed E-state index contributed by atoms with van der Waals surface area (Å²) < 4.78 is 0. The first-order chi connectivity index (χ1) is 11.8. The van der Waals surface area contributed by atoms with E-state index in [9.17, 15) is 0 Å². The molecule has 2 aromatic rings. The van der Waals surface area contributed by atoms with Gasteiger partial charge in [0.05, 0.1) is 5.69 Å². The molecular weight excluding hydrogens is 300 g/mol. The summed E-state index contributed by atoms with van der Waals surface area (Å²) in [6.45, 7) is 0.832. The molecule has 0 atom stereocenters. The summed E-state index contributed by atoms with van der Waals surface area (Å²) in [5, 5.41) is 3.31. The molecule has 0 aliphatic heterocycles. The largest absolute Gasteiger partial charge is 0.393 e. The zero-order valence-electron chi connectivity index (χ0n) is 13.8. The standard InChI is InChI=1S/C18H24N6/c19-16-17(20-12-11-14-7-3-1-4-8-14)21-13-22-18(16)24-23-15-9-5-2-6-10-15/h2,5-7,9-10,13,23H,1,3-4,8,11-12,19H2,(H2,20,21,22,24). The second-order valence-corrected chi connectivity index (χ2v) is 5.89. The molecule has 0 saturated carbocycles. The third-order valence-electron chi connectivity index (χ3n) is 4.11. The minimum absolute atomic E-state index is 0.513. The van der Waals surface area contributed by atoms with Crippen LogP contribution in [0.15, 0.2) is 48.3 Å². The maximum Gasteiger partial charge on any atom is 0.173 e. The van der Waals surface area contributed by atoms with Gasteiger partial charge in [-0.3, -0.25) is 10.9 Å². The van der Waals surface area contributed by atoms with Crippen molar-refractivity contribution in [2.75, 3.05) is 28.4 Å². The Kier molecular flexibility index (Phi) is 5.50. The Bertz CT molecular complexity index is 683. The summed E-state index contributed by atoms with van der Waals surface area (Å²) >= 11 is 0. The zero-order chi connectivity index (χ0) is 16.6. The second kappa shape index (κ2) is 8.19. The number of hydrogen-bond donors (Lipinski definition) is 4. The Hall–Kier alpha value is -2.76. The molecule has 1 aliphatic rings. The zero-order valence-corrected chi connectivity index (χ0v) is 13.8. The molecule has 1 aromatic carbocycles. The highest BCUT2D eigenvalue weighted by molar-refractivity contribution is 5.74. The highest BCUT2D eigenvalue weighted by Gasteiger charge is 2.08. The normalized spacial score (nSPS) is 13.9. The molecule has 0 fully saturated rings. The van der Waals surface area contributed by atoms with Crippen LogP contribution in [0.25, 0.3) is 0 Å². The smallest absolute Gasteiger partial charge is 0.173 e. The molecule has 1 aliphatic carbocycles. The van der Waals surface area contributed by atoms with E-state index in [4.69, 9.17) is 5.73 Å². The average Bonchev–Trinajstić information content (AvgIpc) is 2.64. The Morgan fingerprint density at radius 2 is 1.83 bits per heavy atom. The maximum absolute atomic E-state index is 6.16. The number of anilines is 4. The number of para-hydroxylation sites is 1. The van der Waals surface area contributed by atoms with Gasteiger partial charge in [-0.15, -0.1) is 0 Å². The molecule has 0 spiro atoms. The molecule has 0 unspecified atom stereocenters. The predicted molar refractivity (Wildman–Crippen MR) is 99.8 cm³/mol. The van der Waals surface area contributed by atoms with Gasteiger partial charge in [0, 0.05) is 6.54 Å². The van der Waals surface area contributed by atoms with Crippen molar-refractivity contribution >= 4 is 23.0 Å². The van der Waals surface area contributed by atoms with Crippen LogP contribution in [0.5, 0.6) is 0 Å². The second-order valence-electron chi connectivity index (χ2n) is 5.89. The highest BCUT2D eigenvalue weighted by Crippen LogP contribution is 2.24. The van der Waals surface area contributed by atoms with Gasteiger partial charge in [-0.2, -0.15) is 0 Å². The van der Waals surface area contributed by atoms with E-state index in [-0.39, 0.29) is 0 Å². The molecule has 0 bridgehead atoms. The number of aromatic nitrogens is 2. The van der Waals surface area contributed by atoms with Crippen molar-refractivity contribution in [2.24, 2.45) is 0 Å². The lowest BCUT2D eigenvalue weighted by Crippen LogP contribution is -2.14. The van der Waals surface area contributed by atoms with Crippen molar-refractivity contribution in [3.8, 4) is 0 Å². The van der Waals surface area contributed by atoms with Gasteiger partial charge in [0.15, 0.2) is 11.6 Å².